The molecule has 0 saturated heterocycles. The molecule has 0 aliphatic heterocycles. The molecule has 3 aromatic rings. The molecule has 1 fully saturated rings. The van der Waals surface area contributed by atoms with E-state index in [-0.39, 0.29) is 17.6 Å². The van der Waals surface area contributed by atoms with Crippen LogP contribution in [0, 0.1) is 0 Å². The Kier molecular flexibility index (Phi) is 4.79. The number of para-hydroxylation sites is 1. The molecule has 8 heteroatoms. The van der Waals surface area contributed by atoms with E-state index < -0.39 is 12.2 Å². The fourth-order valence-electron chi connectivity index (χ4n) is 3.60. The van der Waals surface area contributed by atoms with Crippen molar-refractivity contribution in [1.29, 1.82) is 0 Å². The van der Waals surface area contributed by atoms with Gasteiger partial charge in [-0.2, -0.15) is 5.10 Å². The molecule has 1 aliphatic rings. The molecule has 4 rings (SSSR count). The molecule has 6 nitrogen and oxygen atoms in total. The van der Waals surface area contributed by atoms with Crippen LogP contribution < -0.4 is 10.9 Å². The van der Waals surface area contributed by atoms with Crippen molar-refractivity contribution >= 4 is 16.7 Å². The van der Waals surface area contributed by atoms with Gasteiger partial charge in [0, 0.05) is 23.7 Å². The summed E-state index contributed by atoms with van der Waals surface area (Å²) in [5.41, 5.74) is 0.399. The summed E-state index contributed by atoms with van der Waals surface area (Å²) in [6.45, 7) is 0. The van der Waals surface area contributed by atoms with Gasteiger partial charge in [0.15, 0.2) is 5.82 Å². The van der Waals surface area contributed by atoms with E-state index in [0.717, 1.165) is 31.1 Å². The van der Waals surface area contributed by atoms with Gasteiger partial charge in [-0.15, -0.1) is 0 Å². The lowest BCUT2D eigenvalue weighted by Crippen LogP contribution is -2.33. The Morgan fingerprint density at radius 1 is 1.04 bits per heavy atom. The molecule has 1 aromatic carbocycles. The molecule has 0 atom stereocenters. The molecule has 1 N–H and O–H groups in total. The Balaban J connectivity index is 1.52. The summed E-state index contributed by atoms with van der Waals surface area (Å²) in [6, 6.07) is 10.4. The Morgan fingerprint density at radius 2 is 1.81 bits per heavy atom. The van der Waals surface area contributed by atoms with Gasteiger partial charge in [-0.1, -0.05) is 12.1 Å². The highest BCUT2D eigenvalue weighted by molar-refractivity contribution is 5.89. The third-order valence-electron chi connectivity index (χ3n) is 4.94. The van der Waals surface area contributed by atoms with Gasteiger partial charge < -0.3 is 5.32 Å². The first-order chi connectivity index (χ1) is 13.1. The minimum atomic E-state index is -2.72. The van der Waals surface area contributed by atoms with Crippen LogP contribution in [0.3, 0.4) is 0 Å². The summed E-state index contributed by atoms with van der Waals surface area (Å²) < 4.78 is 27.8. The Hall–Kier alpha value is -2.90. The van der Waals surface area contributed by atoms with Crippen LogP contribution >= 0.6 is 0 Å². The highest BCUT2D eigenvalue weighted by Crippen LogP contribution is 2.31. The van der Waals surface area contributed by atoms with Crippen molar-refractivity contribution in [2.24, 2.45) is 0 Å². The highest BCUT2D eigenvalue weighted by atomic mass is 19.3. The zero-order valence-corrected chi connectivity index (χ0v) is 14.6. The van der Waals surface area contributed by atoms with Crippen LogP contribution in [0.2, 0.25) is 0 Å². The van der Waals surface area contributed by atoms with Crippen molar-refractivity contribution in [1.82, 2.24) is 19.7 Å². The average molecular weight is 371 g/mol. The van der Waals surface area contributed by atoms with Crippen LogP contribution in [-0.4, -0.2) is 25.8 Å². The van der Waals surface area contributed by atoms with E-state index in [2.05, 4.69) is 20.4 Å². The number of halogens is 2. The minimum absolute atomic E-state index is 0.0653. The fourth-order valence-corrected chi connectivity index (χ4v) is 3.60. The van der Waals surface area contributed by atoms with Gasteiger partial charge in [-0.25, -0.2) is 23.4 Å². The van der Waals surface area contributed by atoms with Gasteiger partial charge in [-0.05, 0) is 43.9 Å². The second-order valence-electron chi connectivity index (χ2n) is 6.70. The number of nitrogens with zero attached hydrogens (tertiary/aromatic N) is 4. The summed E-state index contributed by atoms with van der Waals surface area (Å²) in [4.78, 5) is 19.9. The predicted octanol–water partition coefficient (Wildman–Crippen LogP) is 3.72. The predicted molar refractivity (Wildman–Crippen MR) is 97.9 cm³/mol. The van der Waals surface area contributed by atoms with E-state index in [0.29, 0.717) is 11.3 Å². The second-order valence-corrected chi connectivity index (χ2v) is 6.70. The van der Waals surface area contributed by atoms with E-state index >= 15 is 0 Å². The Bertz CT molecular complexity index is 999. The van der Waals surface area contributed by atoms with Crippen LogP contribution in [0.25, 0.3) is 10.9 Å². The molecule has 0 amide bonds. The first-order valence-electron chi connectivity index (χ1n) is 8.97. The molecular weight excluding hydrogens is 352 g/mol. The summed E-state index contributed by atoms with van der Waals surface area (Å²) in [7, 11) is 0. The van der Waals surface area contributed by atoms with Crippen molar-refractivity contribution in [2.75, 3.05) is 5.32 Å². The molecule has 27 heavy (non-hydrogen) atoms. The maximum absolute atomic E-state index is 13.1. The van der Waals surface area contributed by atoms with Crippen molar-refractivity contribution in [3.8, 4) is 0 Å². The topological polar surface area (TPSA) is 72.7 Å². The SMILES string of the molecule is O=c1cccnn1C1CCC(Nc2nc(C(F)F)nc3ccccc23)CC1. The molecule has 1 saturated carbocycles. The van der Waals surface area contributed by atoms with Gasteiger partial charge >= 0.3 is 0 Å². The third kappa shape index (κ3) is 3.65. The third-order valence-corrected chi connectivity index (χ3v) is 4.94. The fraction of sp³-hybridized carbons (Fsp3) is 0.368. The van der Waals surface area contributed by atoms with Gasteiger partial charge in [0.2, 0.25) is 0 Å². The first kappa shape index (κ1) is 17.5. The standard InChI is InChI=1S/C19H19F2N5O/c20-17(21)19-24-15-5-2-1-4-14(15)18(25-19)23-12-7-9-13(10-8-12)26-16(27)6-3-11-22-26/h1-6,11-13,17H,7-10H2,(H,23,24,25). The number of fused-ring (bicyclic) bond motifs is 1. The maximum atomic E-state index is 13.1. The quantitative estimate of drug-likeness (QED) is 0.757. The number of benzene rings is 1. The molecule has 0 spiro atoms. The molecule has 2 heterocycles. The molecule has 0 unspecified atom stereocenters. The minimum Gasteiger partial charge on any atom is -0.367 e. The molecular formula is C19H19F2N5O. The summed E-state index contributed by atoms with van der Waals surface area (Å²) in [5, 5.41) is 8.20. The van der Waals surface area contributed by atoms with Crippen molar-refractivity contribution < 1.29 is 8.78 Å². The van der Waals surface area contributed by atoms with Crippen molar-refractivity contribution in [3.63, 3.8) is 0 Å². The van der Waals surface area contributed by atoms with Gasteiger partial charge in [0.25, 0.3) is 12.0 Å². The smallest absolute Gasteiger partial charge is 0.297 e. The zero-order chi connectivity index (χ0) is 18.8. The van der Waals surface area contributed by atoms with Crippen LogP contribution in [-0.2, 0) is 0 Å². The number of nitrogens with one attached hydrogen (secondary N) is 1. The monoisotopic (exact) mass is 371 g/mol. The van der Waals surface area contributed by atoms with Gasteiger partial charge in [0.05, 0.1) is 11.6 Å². The largest absolute Gasteiger partial charge is 0.367 e. The number of alkyl halides is 2. The number of hydrogen-bond acceptors (Lipinski definition) is 5. The highest BCUT2D eigenvalue weighted by Gasteiger charge is 2.25. The van der Waals surface area contributed by atoms with Crippen LogP contribution in [0.5, 0.6) is 0 Å². The number of hydrogen-bond donors (Lipinski definition) is 1. The van der Waals surface area contributed by atoms with Crippen molar-refractivity contribution in [3.05, 3.63) is 58.8 Å². The number of rotatable bonds is 4. The van der Waals surface area contributed by atoms with E-state index in [9.17, 15) is 13.6 Å². The first-order valence-corrected chi connectivity index (χ1v) is 8.97. The second kappa shape index (κ2) is 7.38. The molecule has 0 bridgehead atoms. The van der Waals surface area contributed by atoms with E-state index in [1.54, 1.807) is 24.4 Å². The van der Waals surface area contributed by atoms with E-state index in [1.807, 2.05) is 12.1 Å². The van der Waals surface area contributed by atoms with Crippen molar-refractivity contribution in [2.45, 2.75) is 44.2 Å². The molecule has 2 aromatic heterocycles. The molecule has 1 aliphatic carbocycles. The lowest BCUT2D eigenvalue weighted by molar-refractivity contribution is 0.141. The van der Waals surface area contributed by atoms with Crippen LogP contribution in [0.1, 0.15) is 44.0 Å². The summed E-state index contributed by atoms with van der Waals surface area (Å²) in [5.74, 6) is -0.0284. The Morgan fingerprint density at radius 3 is 2.56 bits per heavy atom. The van der Waals surface area contributed by atoms with E-state index in [1.165, 1.54) is 10.7 Å². The van der Waals surface area contributed by atoms with Gasteiger partial charge in [0.1, 0.15) is 5.82 Å². The van der Waals surface area contributed by atoms with Gasteiger partial charge in [-0.3, -0.25) is 4.79 Å². The molecule has 140 valence electrons. The summed E-state index contributed by atoms with van der Waals surface area (Å²) in [6.07, 6.45) is 2.08. The normalized spacial score (nSPS) is 20.1. The Labute approximate surface area is 154 Å². The number of anilines is 1. The zero-order valence-electron chi connectivity index (χ0n) is 14.6. The van der Waals surface area contributed by atoms with Crippen LogP contribution in [0.15, 0.2) is 47.4 Å². The molecule has 0 radical (unpaired) electrons. The number of aromatic nitrogens is 4. The van der Waals surface area contributed by atoms with E-state index in [4.69, 9.17) is 0 Å². The lowest BCUT2D eigenvalue weighted by Gasteiger charge is -2.30. The van der Waals surface area contributed by atoms with Crippen LogP contribution in [0.4, 0.5) is 14.6 Å². The average Bonchev–Trinajstić information content (AvgIpc) is 2.69. The summed E-state index contributed by atoms with van der Waals surface area (Å²) >= 11 is 0. The maximum Gasteiger partial charge on any atom is 0.297 e. The lowest BCUT2D eigenvalue weighted by atomic mass is 9.91.